The molecule has 114 valence electrons. The van der Waals surface area contributed by atoms with E-state index in [2.05, 4.69) is 0 Å². The number of nitrogens with zero attached hydrogens (tertiary/aromatic N) is 1. The molecule has 0 amide bonds. The highest BCUT2D eigenvalue weighted by molar-refractivity contribution is 8.00. The molecule has 0 atom stereocenters. The number of anilines is 1. The highest BCUT2D eigenvalue weighted by atomic mass is 32.2. The van der Waals surface area contributed by atoms with Gasteiger partial charge in [0, 0.05) is 29.9 Å². The zero-order valence-electron chi connectivity index (χ0n) is 11.7. The maximum atomic E-state index is 12.2. The van der Waals surface area contributed by atoms with Crippen molar-refractivity contribution >= 4 is 38.8 Å². The van der Waals surface area contributed by atoms with Crippen molar-refractivity contribution in [3.8, 4) is 0 Å². The number of nitrogen functional groups attached to an aromatic ring is 1. The van der Waals surface area contributed by atoms with Crippen molar-refractivity contribution < 1.29 is 8.42 Å². The molecule has 0 spiro atoms. The van der Waals surface area contributed by atoms with E-state index in [0.717, 1.165) is 10.5 Å². The Labute approximate surface area is 134 Å². The lowest BCUT2D eigenvalue weighted by Crippen LogP contribution is -2.29. The SMILES string of the molecule is CN(Cc1ccsc1)S(=O)(=O)CCSc1ccccc1N. The molecule has 2 rings (SSSR count). The maximum Gasteiger partial charge on any atom is 0.214 e. The van der Waals surface area contributed by atoms with Gasteiger partial charge in [-0.05, 0) is 34.5 Å². The molecular weight excluding hydrogens is 324 g/mol. The van der Waals surface area contributed by atoms with Gasteiger partial charge in [-0.3, -0.25) is 0 Å². The Morgan fingerprint density at radius 1 is 1.29 bits per heavy atom. The Kier molecular flexibility index (Phi) is 5.69. The summed E-state index contributed by atoms with van der Waals surface area (Å²) in [7, 11) is -1.62. The first-order chi connectivity index (χ1) is 9.99. The van der Waals surface area contributed by atoms with Crippen molar-refractivity contribution in [1.82, 2.24) is 4.31 Å². The van der Waals surface area contributed by atoms with Gasteiger partial charge in [0.25, 0.3) is 0 Å². The van der Waals surface area contributed by atoms with E-state index >= 15 is 0 Å². The lowest BCUT2D eigenvalue weighted by atomic mass is 10.3. The monoisotopic (exact) mass is 342 g/mol. The summed E-state index contributed by atoms with van der Waals surface area (Å²) in [5, 5.41) is 3.91. The van der Waals surface area contributed by atoms with E-state index in [0.29, 0.717) is 18.0 Å². The predicted molar refractivity (Wildman–Crippen MR) is 91.2 cm³/mol. The predicted octanol–water partition coefficient (Wildman–Crippen LogP) is 2.88. The van der Waals surface area contributed by atoms with Gasteiger partial charge in [-0.2, -0.15) is 11.3 Å². The molecule has 2 N–H and O–H groups in total. The van der Waals surface area contributed by atoms with Gasteiger partial charge in [0.05, 0.1) is 5.75 Å². The van der Waals surface area contributed by atoms with Crippen LogP contribution in [0.2, 0.25) is 0 Å². The number of sulfonamides is 1. The minimum atomic E-state index is -3.24. The van der Waals surface area contributed by atoms with Crippen LogP contribution in [0.3, 0.4) is 0 Å². The minimum Gasteiger partial charge on any atom is -0.398 e. The van der Waals surface area contributed by atoms with Gasteiger partial charge in [-0.25, -0.2) is 12.7 Å². The van der Waals surface area contributed by atoms with E-state index in [-0.39, 0.29) is 5.75 Å². The molecule has 0 saturated carbocycles. The zero-order chi connectivity index (χ0) is 15.3. The third-order valence-corrected chi connectivity index (χ3v) is 6.86. The van der Waals surface area contributed by atoms with Crippen LogP contribution in [-0.2, 0) is 16.6 Å². The smallest absolute Gasteiger partial charge is 0.214 e. The molecule has 0 aliphatic rings. The number of para-hydroxylation sites is 1. The molecule has 7 heteroatoms. The normalized spacial score (nSPS) is 11.9. The van der Waals surface area contributed by atoms with Crippen LogP contribution >= 0.6 is 23.1 Å². The summed E-state index contributed by atoms with van der Waals surface area (Å²) in [5.41, 5.74) is 7.55. The van der Waals surface area contributed by atoms with Gasteiger partial charge < -0.3 is 5.73 Å². The maximum absolute atomic E-state index is 12.2. The molecule has 0 fully saturated rings. The Morgan fingerprint density at radius 2 is 2.05 bits per heavy atom. The van der Waals surface area contributed by atoms with Gasteiger partial charge in [0.2, 0.25) is 10.0 Å². The molecule has 21 heavy (non-hydrogen) atoms. The Hall–Kier alpha value is -1.02. The van der Waals surface area contributed by atoms with E-state index in [9.17, 15) is 8.42 Å². The van der Waals surface area contributed by atoms with Gasteiger partial charge in [0.15, 0.2) is 0 Å². The summed E-state index contributed by atoms with van der Waals surface area (Å²) in [5.74, 6) is 0.594. The van der Waals surface area contributed by atoms with Gasteiger partial charge in [-0.1, -0.05) is 12.1 Å². The topological polar surface area (TPSA) is 63.4 Å². The van der Waals surface area contributed by atoms with Gasteiger partial charge >= 0.3 is 0 Å². The lowest BCUT2D eigenvalue weighted by Gasteiger charge is -2.16. The van der Waals surface area contributed by atoms with Crippen molar-refractivity contribution in [2.75, 3.05) is 24.3 Å². The van der Waals surface area contributed by atoms with Crippen LogP contribution in [0, 0.1) is 0 Å². The molecule has 0 radical (unpaired) electrons. The van der Waals surface area contributed by atoms with Crippen LogP contribution in [-0.4, -0.2) is 31.3 Å². The van der Waals surface area contributed by atoms with E-state index in [1.54, 1.807) is 18.4 Å². The molecule has 0 aliphatic heterocycles. The van der Waals surface area contributed by atoms with Crippen molar-refractivity contribution in [3.63, 3.8) is 0 Å². The minimum absolute atomic E-state index is 0.104. The quantitative estimate of drug-likeness (QED) is 0.621. The van der Waals surface area contributed by atoms with Crippen molar-refractivity contribution in [1.29, 1.82) is 0 Å². The van der Waals surface area contributed by atoms with Crippen LogP contribution in [0.15, 0.2) is 46.0 Å². The first-order valence-corrected chi connectivity index (χ1v) is 9.95. The van der Waals surface area contributed by atoms with Crippen LogP contribution in [0.4, 0.5) is 5.69 Å². The van der Waals surface area contributed by atoms with Crippen molar-refractivity contribution in [2.24, 2.45) is 0 Å². The highest BCUT2D eigenvalue weighted by Gasteiger charge is 2.18. The average molecular weight is 343 g/mol. The number of benzene rings is 1. The number of nitrogens with two attached hydrogens (primary N) is 1. The Morgan fingerprint density at radius 3 is 2.71 bits per heavy atom. The standard InChI is InChI=1S/C14H18N2O2S3/c1-16(10-12-6-7-19-11-12)21(17,18)9-8-20-14-5-3-2-4-13(14)15/h2-7,11H,8-10,15H2,1H3. The first-order valence-electron chi connectivity index (χ1n) is 6.41. The van der Waals surface area contributed by atoms with Crippen molar-refractivity contribution in [2.45, 2.75) is 11.4 Å². The molecule has 0 bridgehead atoms. The molecule has 0 saturated heterocycles. The third-order valence-electron chi connectivity index (χ3n) is 2.98. The summed E-state index contributed by atoms with van der Waals surface area (Å²) in [6, 6.07) is 9.43. The molecule has 1 aromatic carbocycles. The van der Waals surface area contributed by atoms with Gasteiger partial charge in [0.1, 0.15) is 0 Å². The summed E-state index contributed by atoms with van der Waals surface area (Å²) in [6.07, 6.45) is 0. The average Bonchev–Trinajstić information content (AvgIpc) is 2.93. The summed E-state index contributed by atoms with van der Waals surface area (Å²) in [6.45, 7) is 0.421. The molecule has 2 aromatic rings. The number of hydrogen-bond donors (Lipinski definition) is 1. The highest BCUT2D eigenvalue weighted by Crippen LogP contribution is 2.24. The fourth-order valence-corrected chi connectivity index (χ4v) is 4.89. The number of thiophene rings is 1. The third kappa shape index (κ3) is 4.74. The first kappa shape index (κ1) is 16.4. The largest absolute Gasteiger partial charge is 0.398 e. The Bertz CT molecular complexity index is 669. The van der Waals surface area contributed by atoms with Crippen LogP contribution < -0.4 is 5.73 Å². The Balaban J connectivity index is 1.88. The van der Waals surface area contributed by atoms with Crippen LogP contribution in [0.25, 0.3) is 0 Å². The van der Waals surface area contributed by atoms with E-state index in [1.165, 1.54) is 16.1 Å². The van der Waals surface area contributed by atoms with Gasteiger partial charge in [-0.15, -0.1) is 11.8 Å². The summed E-state index contributed by atoms with van der Waals surface area (Å²) in [4.78, 5) is 0.924. The summed E-state index contributed by atoms with van der Waals surface area (Å²) >= 11 is 3.04. The van der Waals surface area contributed by atoms with E-state index in [1.807, 2.05) is 41.1 Å². The van der Waals surface area contributed by atoms with Crippen molar-refractivity contribution in [3.05, 3.63) is 46.7 Å². The lowest BCUT2D eigenvalue weighted by molar-refractivity contribution is 0.468. The second-order valence-corrected chi connectivity index (χ2v) is 8.70. The zero-order valence-corrected chi connectivity index (χ0v) is 14.2. The fourth-order valence-electron chi connectivity index (χ4n) is 1.76. The number of rotatable bonds is 7. The number of thioether (sulfide) groups is 1. The van der Waals surface area contributed by atoms with Crippen LogP contribution in [0.5, 0.6) is 0 Å². The summed E-state index contributed by atoms with van der Waals surface area (Å²) < 4.78 is 25.8. The molecule has 1 heterocycles. The van der Waals surface area contributed by atoms with Crippen LogP contribution in [0.1, 0.15) is 5.56 Å². The molecule has 4 nitrogen and oxygen atoms in total. The molecule has 1 aromatic heterocycles. The van der Waals surface area contributed by atoms with E-state index < -0.39 is 10.0 Å². The van der Waals surface area contributed by atoms with E-state index in [4.69, 9.17) is 5.73 Å². The number of hydrogen-bond acceptors (Lipinski definition) is 5. The molecular formula is C14H18N2O2S3. The second kappa shape index (κ2) is 7.31. The molecule has 0 aliphatic carbocycles. The fraction of sp³-hybridized carbons (Fsp3) is 0.286. The molecule has 0 unspecified atom stereocenters. The second-order valence-electron chi connectivity index (χ2n) is 4.59.